The second-order valence-electron chi connectivity index (χ2n) is 4.53. The van der Waals surface area contributed by atoms with Gasteiger partial charge in [-0.25, -0.2) is 0 Å². The molecule has 0 heterocycles. The van der Waals surface area contributed by atoms with Gasteiger partial charge < -0.3 is 0 Å². The molecule has 0 atom stereocenters. The number of rotatable bonds is 8. The van der Waals surface area contributed by atoms with Crippen LogP contribution in [0.4, 0.5) is 61.5 Å². The van der Waals surface area contributed by atoms with Crippen LogP contribution in [-0.4, -0.2) is 41.5 Å². The molecule has 0 aromatic heterocycles. The fourth-order valence-corrected chi connectivity index (χ4v) is 1.27. The quantitative estimate of drug-likeness (QED) is 0.354. The largest absolute Gasteiger partial charge is 0.385 e. The van der Waals surface area contributed by atoms with Crippen LogP contribution in [0.5, 0.6) is 0 Å². The van der Waals surface area contributed by atoms with Crippen LogP contribution >= 0.6 is 0 Å². The summed E-state index contributed by atoms with van der Waals surface area (Å²) in [5.74, 6) is -51.2. The Labute approximate surface area is 129 Å². The minimum absolute atomic E-state index is 1.34. The number of alkyl halides is 14. The van der Waals surface area contributed by atoms with Crippen LogP contribution < -0.4 is 0 Å². The topological polar surface area (TPSA) is 0 Å². The lowest BCUT2D eigenvalue weighted by Crippen LogP contribution is -2.72. The third kappa shape index (κ3) is 2.76. The van der Waals surface area contributed by atoms with Crippen LogP contribution in [-0.2, 0) is 0 Å². The Hall–Kier alpha value is -1.50. The highest BCUT2D eigenvalue weighted by Gasteiger charge is 2.92. The Kier molecular flexibility index (Phi) is 5.41. The van der Waals surface area contributed by atoms with Crippen molar-refractivity contribution in [2.24, 2.45) is 0 Å². The van der Waals surface area contributed by atoms with Crippen molar-refractivity contribution in [3.05, 3.63) is 25.3 Å². The predicted octanol–water partition coefficient (Wildman–Crippen LogP) is 5.81. The first-order valence-corrected chi connectivity index (χ1v) is 5.54. The summed E-state index contributed by atoms with van der Waals surface area (Å²) < 4.78 is 181. The first-order chi connectivity index (χ1) is 10.6. The van der Waals surface area contributed by atoms with E-state index in [-0.39, 0.29) is 0 Å². The van der Waals surface area contributed by atoms with Gasteiger partial charge in [-0.05, 0) is 12.2 Å². The van der Waals surface area contributed by atoms with Gasteiger partial charge >= 0.3 is 41.5 Å². The number of halogens is 14. The molecule has 0 nitrogen and oxygen atoms in total. The van der Waals surface area contributed by atoms with Gasteiger partial charge in [0.2, 0.25) is 0 Å². The molecule has 0 saturated carbocycles. The van der Waals surface area contributed by atoms with Crippen molar-refractivity contribution in [1.82, 2.24) is 0 Å². The second kappa shape index (κ2) is 5.76. The van der Waals surface area contributed by atoms with E-state index in [9.17, 15) is 61.5 Å². The first-order valence-electron chi connectivity index (χ1n) is 5.54. The normalized spacial score (nSPS) is 15.9. The van der Waals surface area contributed by atoms with E-state index in [1.54, 1.807) is 0 Å². The highest BCUT2D eigenvalue weighted by atomic mass is 19.4. The molecule has 148 valence electrons. The molecule has 0 aliphatic carbocycles. The van der Waals surface area contributed by atoms with Crippen LogP contribution in [0.2, 0.25) is 0 Å². The zero-order valence-electron chi connectivity index (χ0n) is 11.4. The maximum Gasteiger partial charge on any atom is 0.385 e. The van der Waals surface area contributed by atoms with E-state index < -0.39 is 53.6 Å². The molecule has 0 aromatic carbocycles. The van der Waals surface area contributed by atoms with Crippen molar-refractivity contribution < 1.29 is 61.5 Å². The van der Waals surface area contributed by atoms with E-state index in [2.05, 4.69) is 0 Å². The summed E-state index contributed by atoms with van der Waals surface area (Å²) in [5, 5.41) is 0. The minimum Gasteiger partial charge on any atom is -0.195 e. The third-order valence-electron chi connectivity index (χ3n) is 2.93. The van der Waals surface area contributed by atoms with Gasteiger partial charge in [0, 0.05) is 0 Å². The van der Waals surface area contributed by atoms with E-state index in [4.69, 9.17) is 0 Å². The Bertz CT molecular complexity index is 483. The lowest BCUT2D eigenvalue weighted by Gasteiger charge is -2.41. The van der Waals surface area contributed by atoms with Crippen LogP contribution in [0.1, 0.15) is 0 Å². The minimum atomic E-state index is -8.05. The maximum atomic E-state index is 13.1. The summed E-state index contributed by atoms with van der Waals surface area (Å²) in [6.07, 6.45) is -2.68. The third-order valence-corrected chi connectivity index (χ3v) is 2.93. The molecule has 0 bridgehead atoms. The van der Waals surface area contributed by atoms with Crippen molar-refractivity contribution in [3.8, 4) is 0 Å². The summed E-state index contributed by atoms with van der Waals surface area (Å²) >= 11 is 0. The van der Waals surface area contributed by atoms with E-state index in [0.717, 1.165) is 0 Å². The molecule has 14 heteroatoms. The maximum absolute atomic E-state index is 13.1. The van der Waals surface area contributed by atoms with E-state index in [1.165, 1.54) is 0 Å². The predicted molar refractivity (Wildman–Crippen MR) is 55.0 cm³/mol. The molecule has 0 unspecified atom stereocenters. The van der Waals surface area contributed by atoms with E-state index in [1.807, 2.05) is 13.2 Å². The molecule has 0 spiro atoms. The molecule has 0 aromatic rings. The van der Waals surface area contributed by atoms with Crippen LogP contribution in [0.15, 0.2) is 25.3 Å². The molecule has 0 aliphatic heterocycles. The van der Waals surface area contributed by atoms with E-state index >= 15 is 0 Å². The van der Waals surface area contributed by atoms with Gasteiger partial charge in [0.25, 0.3) is 0 Å². The van der Waals surface area contributed by atoms with Gasteiger partial charge in [-0.1, -0.05) is 13.2 Å². The summed E-state index contributed by atoms with van der Waals surface area (Å²) in [6.45, 7) is 3.76. The fraction of sp³-hybridized carbons (Fsp3) is 0.636. The molecular formula is C11H6F14. The molecule has 0 saturated heterocycles. The molecule has 0 fully saturated rings. The van der Waals surface area contributed by atoms with Crippen LogP contribution in [0.3, 0.4) is 0 Å². The Balaban J connectivity index is 6.56. The molecule has 0 aliphatic rings. The summed E-state index contributed by atoms with van der Waals surface area (Å²) in [7, 11) is 0. The molecule has 0 rings (SSSR count). The van der Waals surface area contributed by atoms with Gasteiger partial charge in [-0.2, -0.15) is 61.5 Å². The fourth-order valence-electron chi connectivity index (χ4n) is 1.27. The zero-order chi connectivity index (χ0) is 20.9. The van der Waals surface area contributed by atoms with Gasteiger partial charge in [-0.15, -0.1) is 0 Å². The van der Waals surface area contributed by atoms with Gasteiger partial charge in [0.1, 0.15) is 0 Å². The van der Waals surface area contributed by atoms with Crippen molar-refractivity contribution in [1.29, 1.82) is 0 Å². The summed E-state index contributed by atoms with van der Waals surface area (Å²) in [5.41, 5.74) is 0. The monoisotopic (exact) mass is 404 g/mol. The Morgan fingerprint density at radius 2 is 0.520 bits per heavy atom. The van der Waals surface area contributed by atoms with Gasteiger partial charge in [0.05, 0.1) is 0 Å². The summed E-state index contributed by atoms with van der Waals surface area (Å²) in [6, 6.07) is 0. The molecular weight excluding hydrogens is 398 g/mol. The van der Waals surface area contributed by atoms with Crippen LogP contribution in [0.25, 0.3) is 0 Å². The molecule has 25 heavy (non-hydrogen) atoms. The average molecular weight is 404 g/mol. The average Bonchev–Trinajstić information content (AvgIpc) is 2.45. The standard InChI is InChI=1S/C11H6F14/c1-3-5(12,13)7(16,17)9(20,21)11(24,25)10(22,23)8(18,19)6(14,15)4-2/h3-4H,1-2H2. The second-order valence-corrected chi connectivity index (χ2v) is 4.53. The Morgan fingerprint density at radius 1 is 0.360 bits per heavy atom. The Morgan fingerprint density at radius 3 is 0.680 bits per heavy atom. The van der Waals surface area contributed by atoms with Crippen molar-refractivity contribution >= 4 is 0 Å². The summed E-state index contributed by atoms with van der Waals surface area (Å²) in [4.78, 5) is 0. The van der Waals surface area contributed by atoms with Crippen molar-refractivity contribution in [2.75, 3.05) is 0 Å². The molecule has 0 radical (unpaired) electrons. The smallest absolute Gasteiger partial charge is 0.195 e. The van der Waals surface area contributed by atoms with Crippen molar-refractivity contribution in [2.45, 2.75) is 41.5 Å². The van der Waals surface area contributed by atoms with Gasteiger partial charge in [-0.3, -0.25) is 0 Å². The number of hydrogen-bond acceptors (Lipinski definition) is 0. The lowest BCUT2D eigenvalue weighted by molar-refractivity contribution is -0.434. The zero-order valence-corrected chi connectivity index (χ0v) is 11.4. The van der Waals surface area contributed by atoms with Gasteiger partial charge in [0.15, 0.2) is 0 Å². The van der Waals surface area contributed by atoms with Crippen molar-refractivity contribution in [3.63, 3.8) is 0 Å². The van der Waals surface area contributed by atoms with E-state index in [0.29, 0.717) is 0 Å². The lowest BCUT2D eigenvalue weighted by atomic mass is 9.89. The van der Waals surface area contributed by atoms with Crippen LogP contribution in [0, 0.1) is 0 Å². The number of hydrogen-bond donors (Lipinski definition) is 0. The highest BCUT2D eigenvalue weighted by molar-refractivity contribution is 5.18. The SMILES string of the molecule is C=CC(F)(F)C(F)(F)C(F)(F)C(F)(F)C(F)(F)C(F)(F)C(F)(F)C=C. The molecule has 0 amide bonds. The first kappa shape index (κ1) is 23.5. The highest BCUT2D eigenvalue weighted by Crippen LogP contribution is 2.62. The number of allylic oxidation sites excluding steroid dienone is 2. The molecule has 0 N–H and O–H groups in total.